The van der Waals surface area contributed by atoms with E-state index in [4.69, 9.17) is 19.3 Å². The zero-order valence-corrected chi connectivity index (χ0v) is 19.6. The van der Waals surface area contributed by atoms with Gasteiger partial charge in [-0.2, -0.15) is 5.10 Å². The highest BCUT2D eigenvalue weighted by atomic mass is 79.9. The Morgan fingerprint density at radius 3 is 2.66 bits per heavy atom. The number of methoxy groups -OCH3 is 2. The predicted octanol–water partition coefficient (Wildman–Crippen LogP) is 5.47. The Hall–Kier alpha value is -3.04. The van der Waals surface area contributed by atoms with Gasteiger partial charge in [0, 0.05) is 17.5 Å². The van der Waals surface area contributed by atoms with Gasteiger partial charge in [0.15, 0.2) is 11.5 Å². The van der Waals surface area contributed by atoms with Crippen molar-refractivity contribution >= 4 is 38.9 Å². The maximum Gasteiger partial charge on any atom is 0.340 e. The third-order valence-corrected chi connectivity index (χ3v) is 7.29. The molecule has 7 nitrogen and oxygen atoms in total. The Morgan fingerprint density at radius 1 is 1.16 bits per heavy atom. The number of thiophene rings is 1. The zero-order chi connectivity index (χ0) is 22.4. The first-order valence-corrected chi connectivity index (χ1v) is 11.5. The first kappa shape index (κ1) is 20.8. The van der Waals surface area contributed by atoms with Gasteiger partial charge < -0.3 is 19.3 Å². The van der Waals surface area contributed by atoms with Gasteiger partial charge in [-0.05, 0) is 46.3 Å². The number of ether oxygens (including phenoxy) is 3. The number of halogens is 1. The summed E-state index contributed by atoms with van der Waals surface area (Å²) in [5, 5.41) is 16.8. The van der Waals surface area contributed by atoms with E-state index in [1.807, 2.05) is 41.4 Å². The lowest BCUT2D eigenvalue weighted by molar-refractivity contribution is -0.0199. The van der Waals surface area contributed by atoms with E-state index in [0.717, 1.165) is 19.9 Å². The fourth-order valence-electron chi connectivity index (χ4n) is 4.23. The van der Waals surface area contributed by atoms with Crippen LogP contribution in [0, 0.1) is 0 Å². The molecule has 2 aliphatic heterocycles. The summed E-state index contributed by atoms with van der Waals surface area (Å²) in [6, 6.07) is 15.2. The molecular weight excluding hydrogens is 496 g/mol. The first-order valence-electron chi connectivity index (χ1n) is 9.87. The van der Waals surface area contributed by atoms with Gasteiger partial charge in [0.1, 0.15) is 11.3 Å². The third kappa shape index (κ3) is 3.32. The van der Waals surface area contributed by atoms with Gasteiger partial charge in [0.05, 0.1) is 34.6 Å². The molecule has 0 fully saturated rings. The lowest BCUT2D eigenvalue weighted by atomic mass is 9.96. The number of hydrazone groups is 1. The number of carboxylic acids is 1. The van der Waals surface area contributed by atoms with Crippen LogP contribution in [-0.2, 0) is 0 Å². The molecule has 5 rings (SSSR count). The van der Waals surface area contributed by atoms with Gasteiger partial charge in [-0.3, -0.25) is 0 Å². The summed E-state index contributed by atoms with van der Waals surface area (Å²) in [5.74, 6) is 0.0894. The van der Waals surface area contributed by atoms with Gasteiger partial charge in [0.25, 0.3) is 0 Å². The number of aromatic carboxylic acids is 1. The molecule has 0 spiro atoms. The molecule has 1 aromatic heterocycles. The molecule has 32 heavy (non-hydrogen) atoms. The number of nitrogens with zero attached hydrogens (tertiary/aromatic N) is 2. The van der Waals surface area contributed by atoms with Crippen LogP contribution >= 0.6 is 27.3 Å². The molecule has 2 aliphatic rings. The molecule has 0 amide bonds. The highest BCUT2D eigenvalue weighted by Gasteiger charge is 2.43. The number of carbonyl (C=O) groups is 1. The molecule has 1 N–H and O–H groups in total. The normalized spacial score (nSPS) is 19.0. The minimum atomic E-state index is -1.12. The van der Waals surface area contributed by atoms with Crippen LogP contribution in [0.3, 0.4) is 0 Å². The fraction of sp³-hybridized carbons (Fsp3) is 0.217. The average molecular weight is 515 g/mol. The highest BCUT2D eigenvalue weighted by molar-refractivity contribution is 9.11. The number of benzene rings is 2. The molecule has 9 heteroatoms. The quantitative estimate of drug-likeness (QED) is 0.486. The molecule has 0 radical (unpaired) electrons. The minimum Gasteiger partial charge on any atom is -0.493 e. The van der Waals surface area contributed by atoms with Crippen molar-refractivity contribution in [1.29, 1.82) is 0 Å². The molecule has 0 aliphatic carbocycles. The number of carboxylic acid groups (broad SMARTS) is 1. The molecule has 2 aromatic carbocycles. The summed E-state index contributed by atoms with van der Waals surface area (Å²) >= 11 is 5.14. The Balaban J connectivity index is 1.67. The smallest absolute Gasteiger partial charge is 0.340 e. The van der Waals surface area contributed by atoms with E-state index in [1.54, 1.807) is 23.5 Å². The molecule has 0 bridgehead atoms. The van der Waals surface area contributed by atoms with Crippen molar-refractivity contribution in [3.8, 4) is 17.2 Å². The van der Waals surface area contributed by atoms with Gasteiger partial charge in [0.2, 0.25) is 6.23 Å². The first-order chi connectivity index (χ1) is 15.5. The van der Waals surface area contributed by atoms with Crippen LogP contribution < -0.4 is 14.2 Å². The number of fused-ring (bicyclic) bond motifs is 3. The van der Waals surface area contributed by atoms with Gasteiger partial charge >= 0.3 is 5.97 Å². The standard InChI is InChI=1S/C23H19BrN2O5S/c1-29-17-8-7-13(20(23(27)28)21(17)30-2)22-26-15(12-5-3-4-6-16(12)31-22)11-14(25-26)18-9-10-19(24)32-18/h3-10,15,22H,11H2,1-2H3,(H,27,28)/t15-,22+/m1/s1. The van der Waals surface area contributed by atoms with E-state index in [0.29, 0.717) is 23.5 Å². The van der Waals surface area contributed by atoms with E-state index >= 15 is 0 Å². The average Bonchev–Trinajstić information content (AvgIpc) is 3.44. The van der Waals surface area contributed by atoms with Crippen molar-refractivity contribution in [3.63, 3.8) is 0 Å². The summed E-state index contributed by atoms with van der Waals surface area (Å²) in [6.07, 6.45) is -0.0406. The second-order valence-electron chi connectivity index (χ2n) is 7.33. The Bertz CT molecular complexity index is 1240. The second-order valence-corrected chi connectivity index (χ2v) is 9.79. The van der Waals surface area contributed by atoms with Crippen LogP contribution in [0.25, 0.3) is 0 Å². The Kier molecular flexibility index (Phi) is 5.30. The van der Waals surface area contributed by atoms with Crippen molar-refractivity contribution in [2.24, 2.45) is 5.10 Å². The number of hydrogen-bond acceptors (Lipinski definition) is 7. The molecule has 3 aromatic rings. The highest BCUT2D eigenvalue weighted by Crippen LogP contribution is 2.49. The third-order valence-electron chi connectivity index (χ3n) is 5.61. The van der Waals surface area contributed by atoms with Crippen molar-refractivity contribution in [1.82, 2.24) is 5.01 Å². The van der Waals surface area contributed by atoms with Gasteiger partial charge in [-0.25, -0.2) is 9.80 Å². The lowest BCUT2D eigenvalue weighted by Crippen LogP contribution is -2.34. The van der Waals surface area contributed by atoms with Crippen LogP contribution in [0.2, 0.25) is 0 Å². The zero-order valence-electron chi connectivity index (χ0n) is 17.2. The monoisotopic (exact) mass is 514 g/mol. The van der Waals surface area contributed by atoms with Crippen LogP contribution in [-0.4, -0.2) is 36.0 Å². The molecule has 2 atom stereocenters. The lowest BCUT2D eigenvalue weighted by Gasteiger charge is -2.38. The molecule has 0 saturated carbocycles. The van der Waals surface area contributed by atoms with Crippen molar-refractivity contribution in [2.45, 2.75) is 18.7 Å². The number of rotatable bonds is 5. The number of hydrogen-bond donors (Lipinski definition) is 1. The van der Waals surface area contributed by atoms with Crippen molar-refractivity contribution in [2.75, 3.05) is 14.2 Å². The van der Waals surface area contributed by atoms with Crippen LogP contribution in [0.5, 0.6) is 17.2 Å². The van der Waals surface area contributed by atoms with E-state index in [2.05, 4.69) is 15.9 Å². The minimum absolute atomic E-state index is 0.00232. The second kappa shape index (κ2) is 8.14. The molecule has 164 valence electrons. The van der Waals surface area contributed by atoms with Crippen molar-refractivity contribution < 1.29 is 24.1 Å². The molecule has 3 heterocycles. The maximum atomic E-state index is 12.3. The summed E-state index contributed by atoms with van der Waals surface area (Å²) in [7, 11) is 2.90. The summed E-state index contributed by atoms with van der Waals surface area (Å²) in [5.41, 5.74) is 2.41. The van der Waals surface area contributed by atoms with E-state index in [9.17, 15) is 9.90 Å². The van der Waals surface area contributed by atoms with E-state index in [1.165, 1.54) is 14.2 Å². The van der Waals surface area contributed by atoms with E-state index in [-0.39, 0.29) is 17.4 Å². The fourth-order valence-corrected chi connectivity index (χ4v) is 5.61. The van der Waals surface area contributed by atoms with E-state index < -0.39 is 12.2 Å². The summed E-state index contributed by atoms with van der Waals surface area (Å²) in [6.45, 7) is 0. The van der Waals surface area contributed by atoms with Crippen LogP contribution in [0.4, 0.5) is 0 Å². The predicted molar refractivity (Wildman–Crippen MR) is 124 cm³/mol. The Labute approximate surface area is 197 Å². The largest absolute Gasteiger partial charge is 0.493 e. The van der Waals surface area contributed by atoms with Gasteiger partial charge in [-0.15, -0.1) is 11.3 Å². The molecule has 0 saturated heterocycles. The Morgan fingerprint density at radius 2 is 1.97 bits per heavy atom. The summed E-state index contributed by atoms with van der Waals surface area (Å²) < 4.78 is 18.1. The maximum absolute atomic E-state index is 12.3. The van der Waals surface area contributed by atoms with Crippen molar-refractivity contribution in [3.05, 3.63) is 73.9 Å². The van der Waals surface area contributed by atoms with Crippen LogP contribution in [0.15, 0.2) is 57.4 Å². The molecule has 0 unspecified atom stereocenters. The number of para-hydroxylation sites is 1. The topological polar surface area (TPSA) is 80.6 Å². The molecular formula is C23H19BrN2O5S. The van der Waals surface area contributed by atoms with Crippen LogP contribution in [0.1, 0.15) is 45.1 Å². The summed E-state index contributed by atoms with van der Waals surface area (Å²) in [4.78, 5) is 13.4. The van der Waals surface area contributed by atoms with Gasteiger partial charge in [-0.1, -0.05) is 18.2 Å². The SMILES string of the molecule is COc1ccc([C@@H]2Oc3ccccc3[C@H]3CC(c4ccc(Br)s4)=NN32)c(C(=O)O)c1OC.